The molecule has 0 atom stereocenters. The molecule has 0 aliphatic carbocycles. The first-order valence-electron chi connectivity index (χ1n) is 14.8. The number of para-hydroxylation sites is 3. The summed E-state index contributed by atoms with van der Waals surface area (Å²) < 4.78 is 59.5. The number of aromatic nitrogens is 3. The maximum atomic E-state index is 16.3. The number of rotatable bonds is 11. The number of alkyl halides is 3. The molecule has 15 nitrogen and oxygen atoms in total. The highest BCUT2D eigenvalue weighted by atomic mass is 19.4. The number of amidine groups is 1. The lowest BCUT2D eigenvalue weighted by Gasteiger charge is -2.21. The third kappa shape index (κ3) is 10.1. The predicted octanol–water partition coefficient (Wildman–Crippen LogP) is 4.16. The molecule has 19 heteroatoms. The number of carbonyl (C=O) groups excluding carboxylic acids is 2. The molecule has 4 aromatic rings. The zero-order valence-corrected chi connectivity index (χ0v) is 27.6. The molecule has 0 spiro atoms. The average molecular weight is 719 g/mol. The van der Waals surface area contributed by atoms with E-state index < -0.39 is 36.4 Å². The van der Waals surface area contributed by atoms with Crippen molar-refractivity contribution >= 4 is 40.9 Å². The molecule has 2 amide bonds. The minimum absolute atomic E-state index is 0.129. The van der Waals surface area contributed by atoms with Crippen molar-refractivity contribution in [1.29, 1.82) is 5.41 Å². The summed E-state index contributed by atoms with van der Waals surface area (Å²) in [5, 5.41) is 25.1. The van der Waals surface area contributed by atoms with Gasteiger partial charge in [0.15, 0.2) is 18.2 Å². The number of amides is 2. The van der Waals surface area contributed by atoms with E-state index in [1.54, 1.807) is 68.7 Å². The molecule has 0 aliphatic rings. The Bertz CT molecular complexity index is 1980. The van der Waals surface area contributed by atoms with Crippen molar-refractivity contribution in [2.45, 2.75) is 25.9 Å². The maximum absolute atomic E-state index is 16.3. The predicted molar refractivity (Wildman–Crippen MR) is 177 cm³/mol. The Morgan fingerprint density at radius 1 is 1.08 bits per heavy atom. The molecular weight excluding hydrogens is 684 g/mol. The fourth-order valence-electron chi connectivity index (χ4n) is 4.37. The van der Waals surface area contributed by atoms with Crippen LogP contribution in [0.1, 0.15) is 29.4 Å². The molecular formula is C32H34F4N8O7. The lowest BCUT2D eigenvalue weighted by atomic mass is 10.0. The highest BCUT2D eigenvalue weighted by molar-refractivity contribution is 6.01. The van der Waals surface area contributed by atoms with Gasteiger partial charge in [-0.2, -0.15) is 17.9 Å². The van der Waals surface area contributed by atoms with E-state index in [0.717, 1.165) is 4.68 Å². The number of aryl methyl sites for hydroxylation is 1. The first-order chi connectivity index (χ1) is 24.0. The van der Waals surface area contributed by atoms with Crippen LogP contribution in [0.4, 0.5) is 39.4 Å². The fraction of sp³-hybridized carbons (Fsp3) is 0.250. The molecule has 0 unspecified atom stereocenters. The molecule has 0 saturated heterocycles. The Morgan fingerprint density at radius 3 is 2.25 bits per heavy atom. The maximum Gasteiger partial charge on any atom is 0.490 e. The van der Waals surface area contributed by atoms with Gasteiger partial charge in [0.1, 0.15) is 11.7 Å². The number of anilines is 3. The molecule has 7 N–H and O–H groups in total. The highest BCUT2D eigenvalue weighted by Gasteiger charge is 2.38. The molecule has 3 aromatic carbocycles. The number of aliphatic carboxylic acids is 1. The summed E-state index contributed by atoms with van der Waals surface area (Å²) in [7, 11) is 4.33. The van der Waals surface area contributed by atoms with Gasteiger partial charge in [-0.25, -0.2) is 18.8 Å². The number of nitrogens with two attached hydrogens (primary N) is 1. The van der Waals surface area contributed by atoms with Crippen LogP contribution in [0.15, 0.2) is 59.4 Å². The SMILES string of the molecule is CCc1cc(Cc2nn(-c3ccccc3NC(=O)OC)c(=O)[nH]2)c(F)c(OCC(=O)N(C)C)c1Nc1ccccc1C(=N)N.O=C(O)C(F)(F)F. The number of nitrogens with zero attached hydrogens (tertiary/aromatic N) is 3. The van der Waals surface area contributed by atoms with Crippen LogP contribution in [0.25, 0.3) is 5.69 Å². The zero-order valence-electron chi connectivity index (χ0n) is 27.6. The minimum atomic E-state index is -5.08. The molecule has 0 saturated carbocycles. The zero-order chi connectivity index (χ0) is 38.0. The van der Waals surface area contributed by atoms with Crippen molar-refractivity contribution in [1.82, 2.24) is 19.7 Å². The van der Waals surface area contributed by atoms with E-state index in [4.69, 9.17) is 25.8 Å². The number of benzene rings is 3. The van der Waals surface area contributed by atoms with Crippen molar-refractivity contribution < 1.29 is 46.5 Å². The average Bonchev–Trinajstić information content (AvgIpc) is 3.44. The topological polar surface area (TPSA) is 218 Å². The number of hydrogen-bond donors (Lipinski definition) is 6. The number of H-pyrrole nitrogens is 1. The Balaban J connectivity index is 0.000000908. The van der Waals surface area contributed by atoms with Crippen molar-refractivity contribution in [3.8, 4) is 11.4 Å². The summed E-state index contributed by atoms with van der Waals surface area (Å²) in [6.07, 6.45) is -5.50. The third-order valence-corrected chi connectivity index (χ3v) is 6.89. The number of aromatic amines is 1. The summed E-state index contributed by atoms with van der Waals surface area (Å²) in [5.74, 6) is -4.15. The molecule has 272 valence electrons. The second-order valence-electron chi connectivity index (χ2n) is 10.6. The first-order valence-corrected chi connectivity index (χ1v) is 14.8. The number of ether oxygens (including phenoxy) is 2. The number of halogens is 4. The molecule has 1 heterocycles. The van der Waals surface area contributed by atoms with E-state index in [9.17, 15) is 27.6 Å². The van der Waals surface area contributed by atoms with Crippen molar-refractivity contribution in [2.24, 2.45) is 5.73 Å². The Hall–Kier alpha value is -6.40. The number of hydrogen-bond acceptors (Lipinski definition) is 9. The van der Waals surface area contributed by atoms with Crippen LogP contribution >= 0.6 is 0 Å². The smallest absolute Gasteiger partial charge is 0.478 e. The van der Waals surface area contributed by atoms with Gasteiger partial charge in [-0.1, -0.05) is 37.3 Å². The van der Waals surface area contributed by atoms with Gasteiger partial charge in [0.05, 0.1) is 24.2 Å². The number of nitrogen functional groups attached to an aromatic ring is 1. The monoisotopic (exact) mass is 718 g/mol. The van der Waals surface area contributed by atoms with Crippen molar-refractivity contribution in [3.05, 3.63) is 93.4 Å². The van der Waals surface area contributed by atoms with Gasteiger partial charge in [0, 0.05) is 31.8 Å². The van der Waals surface area contributed by atoms with Crippen molar-refractivity contribution in [2.75, 3.05) is 38.4 Å². The van der Waals surface area contributed by atoms with Crippen molar-refractivity contribution in [3.63, 3.8) is 0 Å². The minimum Gasteiger partial charge on any atom is -0.478 e. The lowest BCUT2D eigenvalue weighted by Crippen LogP contribution is -2.28. The lowest BCUT2D eigenvalue weighted by molar-refractivity contribution is -0.192. The highest BCUT2D eigenvalue weighted by Crippen LogP contribution is 2.38. The standard InChI is InChI=1S/C30H33FN8O5.C2HF3O2/c1-5-17-14-18(15-23-36-29(41)39(37-23)22-13-9-8-12-21(22)35-30(42)43-4)25(31)27(44-16-24(40)38(2)3)26(17)34-20-11-7-6-10-19(20)28(32)33;3-2(4,5)1(6)7/h6-14,34H,5,15-16H2,1-4H3,(H3,32,33)(H,35,42)(H,36,37,41);(H,6,7). The summed E-state index contributed by atoms with van der Waals surface area (Å²) in [6, 6.07) is 14.9. The summed E-state index contributed by atoms with van der Waals surface area (Å²) in [4.78, 5) is 50.0. The molecule has 0 radical (unpaired) electrons. The molecule has 0 fully saturated rings. The van der Waals surface area contributed by atoms with Crippen LogP contribution in [0.3, 0.4) is 0 Å². The fourth-order valence-corrected chi connectivity index (χ4v) is 4.37. The van der Waals surface area contributed by atoms with Crippen LogP contribution in [0.5, 0.6) is 5.75 Å². The number of likely N-dealkylation sites (N-methyl/N-ethyl adjacent to an activating group) is 1. The van der Waals surface area contributed by atoms with E-state index in [0.29, 0.717) is 23.2 Å². The van der Waals surface area contributed by atoms with Crippen LogP contribution in [0, 0.1) is 11.2 Å². The van der Waals surface area contributed by atoms with E-state index >= 15 is 4.39 Å². The molecule has 4 rings (SSSR count). The molecule has 51 heavy (non-hydrogen) atoms. The second kappa shape index (κ2) is 16.8. The largest absolute Gasteiger partial charge is 0.490 e. The van der Waals surface area contributed by atoms with E-state index in [2.05, 4.69) is 25.5 Å². The van der Waals surface area contributed by atoms with E-state index in [-0.39, 0.29) is 52.4 Å². The number of carbonyl (C=O) groups is 3. The number of carboxylic acids is 1. The number of carboxylic acid groups (broad SMARTS) is 1. The second-order valence-corrected chi connectivity index (χ2v) is 10.6. The van der Waals surface area contributed by atoms with Gasteiger partial charge in [0.25, 0.3) is 5.91 Å². The Labute approximate surface area is 287 Å². The van der Waals surface area contributed by atoms with Gasteiger partial charge in [-0.3, -0.25) is 20.5 Å². The van der Waals surface area contributed by atoms with Gasteiger partial charge in [-0.05, 0) is 41.8 Å². The number of methoxy groups -OCH3 is 1. The first kappa shape index (κ1) is 39.0. The van der Waals surface area contributed by atoms with E-state index in [1.807, 2.05) is 6.92 Å². The number of nitrogens with one attached hydrogen (secondary N) is 4. The summed E-state index contributed by atoms with van der Waals surface area (Å²) in [5.41, 5.74) is 7.63. The third-order valence-electron chi connectivity index (χ3n) is 6.89. The molecule has 1 aromatic heterocycles. The summed E-state index contributed by atoms with van der Waals surface area (Å²) in [6.45, 7) is 1.44. The summed E-state index contributed by atoms with van der Waals surface area (Å²) >= 11 is 0. The molecule has 0 bridgehead atoms. The van der Waals surface area contributed by atoms with Gasteiger partial charge >= 0.3 is 23.9 Å². The van der Waals surface area contributed by atoms with Gasteiger partial charge in [0.2, 0.25) is 0 Å². The Morgan fingerprint density at radius 2 is 1.69 bits per heavy atom. The molecule has 0 aliphatic heterocycles. The normalized spacial score (nSPS) is 10.7. The van der Waals surface area contributed by atoms with Crippen LogP contribution in [-0.4, -0.2) is 82.6 Å². The van der Waals surface area contributed by atoms with Crippen LogP contribution in [-0.2, 0) is 27.2 Å². The Kier molecular flexibility index (Phi) is 12.9. The van der Waals surface area contributed by atoms with Crippen LogP contribution in [0.2, 0.25) is 0 Å². The quantitative estimate of drug-likeness (QED) is 0.0739. The van der Waals surface area contributed by atoms with Gasteiger partial charge < -0.3 is 30.5 Å². The van der Waals surface area contributed by atoms with Gasteiger partial charge in [-0.15, -0.1) is 5.10 Å². The van der Waals surface area contributed by atoms with E-state index in [1.165, 1.54) is 12.0 Å². The van der Waals surface area contributed by atoms with Crippen LogP contribution < -0.4 is 26.8 Å².